The number of H-pyrrole nitrogens is 1. The summed E-state index contributed by atoms with van der Waals surface area (Å²) in [6.07, 6.45) is 0. The lowest BCUT2D eigenvalue weighted by Gasteiger charge is -2.10. The lowest BCUT2D eigenvalue weighted by atomic mass is 10.1. The Balaban J connectivity index is 1.79. The normalized spacial score (nSPS) is 10.4. The van der Waals surface area contributed by atoms with Crippen LogP contribution in [-0.2, 0) is 0 Å². The highest BCUT2D eigenvalue weighted by molar-refractivity contribution is 7.12. The predicted octanol–water partition coefficient (Wildman–Crippen LogP) is 2.95. The molecule has 3 aromatic rings. The van der Waals surface area contributed by atoms with Crippen molar-refractivity contribution >= 4 is 34.5 Å². The van der Waals surface area contributed by atoms with Gasteiger partial charge in [0.2, 0.25) is 0 Å². The average Bonchev–Trinajstić information content (AvgIpc) is 3.13. The van der Waals surface area contributed by atoms with Gasteiger partial charge in [-0.3, -0.25) is 14.4 Å². The highest BCUT2D eigenvalue weighted by Crippen LogP contribution is 2.18. The molecule has 0 aliphatic rings. The zero-order valence-corrected chi connectivity index (χ0v) is 14.9. The molecule has 7 nitrogen and oxygen atoms in total. The van der Waals surface area contributed by atoms with Gasteiger partial charge in [0.1, 0.15) is 5.56 Å². The maximum absolute atomic E-state index is 12.5. The SMILES string of the molecule is Cc1n[nH]c(=O)c(C(=O)Nc2cccc(NC(=O)c3cccs3)c2)c1C. The number of rotatable bonds is 4. The first-order valence-electron chi connectivity index (χ1n) is 7.78. The summed E-state index contributed by atoms with van der Waals surface area (Å²) >= 11 is 1.34. The number of anilines is 2. The van der Waals surface area contributed by atoms with E-state index in [0.717, 1.165) is 0 Å². The van der Waals surface area contributed by atoms with E-state index >= 15 is 0 Å². The highest BCUT2D eigenvalue weighted by Gasteiger charge is 2.16. The van der Waals surface area contributed by atoms with Crippen LogP contribution in [0.1, 0.15) is 31.3 Å². The molecule has 8 heteroatoms. The number of benzene rings is 1. The van der Waals surface area contributed by atoms with Gasteiger partial charge in [0.25, 0.3) is 17.4 Å². The smallest absolute Gasteiger partial charge is 0.277 e. The van der Waals surface area contributed by atoms with E-state index in [1.807, 2.05) is 5.38 Å². The topological polar surface area (TPSA) is 104 Å². The van der Waals surface area contributed by atoms with E-state index in [1.165, 1.54) is 11.3 Å². The van der Waals surface area contributed by atoms with Crippen LogP contribution in [0.25, 0.3) is 0 Å². The average molecular weight is 368 g/mol. The number of nitrogens with one attached hydrogen (secondary N) is 3. The maximum Gasteiger partial charge on any atom is 0.277 e. The van der Waals surface area contributed by atoms with Crippen LogP contribution >= 0.6 is 11.3 Å². The van der Waals surface area contributed by atoms with Crippen LogP contribution in [0.3, 0.4) is 0 Å². The number of carbonyl (C=O) groups excluding carboxylic acids is 2. The van der Waals surface area contributed by atoms with Gasteiger partial charge in [0.15, 0.2) is 0 Å². The van der Waals surface area contributed by atoms with E-state index < -0.39 is 11.5 Å². The van der Waals surface area contributed by atoms with Gasteiger partial charge in [0, 0.05) is 11.4 Å². The van der Waals surface area contributed by atoms with Crippen molar-refractivity contribution in [1.29, 1.82) is 0 Å². The molecule has 0 unspecified atom stereocenters. The minimum atomic E-state index is -0.548. The van der Waals surface area contributed by atoms with E-state index in [9.17, 15) is 14.4 Å². The molecule has 0 saturated heterocycles. The Kier molecular flexibility index (Phi) is 4.94. The van der Waals surface area contributed by atoms with Gasteiger partial charge in [-0.1, -0.05) is 12.1 Å². The fraction of sp³-hybridized carbons (Fsp3) is 0.111. The van der Waals surface area contributed by atoms with Crippen molar-refractivity contribution < 1.29 is 9.59 Å². The fourth-order valence-electron chi connectivity index (χ4n) is 2.37. The summed E-state index contributed by atoms with van der Waals surface area (Å²) in [7, 11) is 0. The Hall–Kier alpha value is -3.26. The summed E-state index contributed by atoms with van der Waals surface area (Å²) in [6.45, 7) is 3.38. The Labute approximate surface area is 153 Å². The number of aromatic amines is 1. The number of nitrogens with zero attached hydrogens (tertiary/aromatic N) is 1. The predicted molar refractivity (Wildman–Crippen MR) is 101 cm³/mol. The Morgan fingerprint density at radius 3 is 2.38 bits per heavy atom. The summed E-state index contributed by atoms with van der Waals surface area (Å²) in [6, 6.07) is 10.3. The third-order valence-electron chi connectivity index (χ3n) is 3.82. The molecule has 132 valence electrons. The van der Waals surface area contributed by atoms with Crippen molar-refractivity contribution in [2.75, 3.05) is 10.6 Å². The number of amides is 2. The quantitative estimate of drug-likeness (QED) is 0.658. The number of aryl methyl sites for hydroxylation is 1. The summed E-state index contributed by atoms with van der Waals surface area (Å²) in [5, 5.41) is 13.4. The molecule has 0 saturated carbocycles. The molecule has 0 spiro atoms. The third-order valence-corrected chi connectivity index (χ3v) is 4.69. The van der Waals surface area contributed by atoms with Crippen molar-refractivity contribution in [2.24, 2.45) is 0 Å². The zero-order chi connectivity index (χ0) is 18.7. The van der Waals surface area contributed by atoms with Crippen molar-refractivity contribution in [3.05, 3.63) is 73.8 Å². The summed E-state index contributed by atoms with van der Waals surface area (Å²) in [5.74, 6) is -0.753. The highest BCUT2D eigenvalue weighted by atomic mass is 32.1. The van der Waals surface area contributed by atoms with Crippen LogP contribution in [0.5, 0.6) is 0 Å². The molecule has 2 amide bonds. The second kappa shape index (κ2) is 7.32. The molecule has 1 aromatic carbocycles. The van der Waals surface area contributed by atoms with Gasteiger partial charge in [-0.25, -0.2) is 5.10 Å². The Morgan fingerprint density at radius 2 is 1.73 bits per heavy atom. The van der Waals surface area contributed by atoms with Crippen LogP contribution in [-0.4, -0.2) is 22.0 Å². The molecule has 2 aromatic heterocycles. The number of aromatic nitrogens is 2. The van der Waals surface area contributed by atoms with E-state index in [1.54, 1.807) is 50.2 Å². The summed E-state index contributed by atoms with van der Waals surface area (Å²) < 4.78 is 0. The number of thiophene rings is 1. The van der Waals surface area contributed by atoms with Crippen molar-refractivity contribution in [1.82, 2.24) is 10.2 Å². The van der Waals surface area contributed by atoms with Gasteiger partial charge >= 0.3 is 0 Å². The van der Waals surface area contributed by atoms with E-state index in [2.05, 4.69) is 20.8 Å². The van der Waals surface area contributed by atoms with Crippen LogP contribution in [0.2, 0.25) is 0 Å². The molecule has 2 heterocycles. The number of carbonyl (C=O) groups is 2. The van der Waals surface area contributed by atoms with Crippen molar-refractivity contribution in [3.8, 4) is 0 Å². The van der Waals surface area contributed by atoms with Crippen LogP contribution < -0.4 is 16.2 Å². The molecule has 3 N–H and O–H groups in total. The molecule has 0 radical (unpaired) electrons. The van der Waals surface area contributed by atoms with Crippen LogP contribution in [0.4, 0.5) is 11.4 Å². The minimum absolute atomic E-state index is 0.0190. The third kappa shape index (κ3) is 3.70. The second-order valence-electron chi connectivity index (χ2n) is 5.60. The van der Waals surface area contributed by atoms with E-state index in [4.69, 9.17) is 0 Å². The molecule has 0 aliphatic heterocycles. The van der Waals surface area contributed by atoms with Crippen molar-refractivity contribution in [3.63, 3.8) is 0 Å². The molecule has 0 fully saturated rings. The van der Waals surface area contributed by atoms with Gasteiger partial charge in [-0.2, -0.15) is 5.10 Å². The lowest BCUT2D eigenvalue weighted by Crippen LogP contribution is -2.26. The van der Waals surface area contributed by atoms with Gasteiger partial charge in [0.05, 0.1) is 10.6 Å². The van der Waals surface area contributed by atoms with Gasteiger partial charge in [-0.15, -0.1) is 11.3 Å². The van der Waals surface area contributed by atoms with Crippen LogP contribution in [0.15, 0.2) is 46.6 Å². The summed E-state index contributed by atoms with van der Waals surface area (Å²) in [4.78, 5) is 37.1. The van der Waals surface area contributed by atoms with E-state index in [-0.39, 0.29) is 11.5 Å². The van der Waals surface area contributed by atoms with Gasteiger partial charge < -0.3 is 10.6 Å². The first kappa shape index (κ1) is 17.6. The Bertz CT molecular complexity index is 1030. The molecular formula is C18H16N4O3S. The number of hydrogen-bond donors (Lipinski definition) is 3. The first-order valence-corrected chi connectivity index (χ1v) is 8.66. The minimum Gasteiger partial charge on any atom is -0.322 e. The maximum atomic E-state index is 12.5. The number of hydrogen-bond acceptors (Lipinski definition) is 5. The lowest BCUT2D eigenvalue weighted by molar-refractivity contribution is 0.101. The molecule has 0 atom stereocenters. The molecule has 0 aliphatic carbocycles. The molecule has 3 rings (SSSR count). The monoisotopic (exact) mass is 368 g/mol. The zero-order valence-electron chi connectivity index (χ0n) is 14.1. The molecule has 0 bridgehead atoms. The summed E-state index contributed by atoms with van der Waals surface area (Å²) in [5.41, 5.74) is 1.57. The second-order valence-corrected chi connectivity index (χ2v) is 6.55. The largest absolute Gasteiger partial charge is 0.322 e. The van der Waals surface area contributed by atoms with Crippen LogP contribution in [0, 0.1) is 13.8 Å². The standard InChI is InChI=1S/C18H16N4O3S/c1-10-11(2)21-22-18(25)15(10)17(24)20-13-6-3-5-12(9-13)19-16(23)14-7-4-8-26-14/h3-9H,1-2H3,(H,19,23)(H,20,24)(H,22,25). The van der Waals surface area contributed by atoms with E-state index in [0.29, 0.717) is 27.5 Å². The molecule has 26 heavy (non-hydrogen) atoms. The first-order chi connectivity index (χ1) is 12.5. The fourth-order valence-corrected chi connectivity index (χ4v) is 2.99. The Morgan fingerprint density at radius 1 is 1.04 bits per heavy atom. The van der Waals surface area contributed by atoms with Gasteiger partial charge in [-0.05, 0) is 49.1 Å². The van der Waals surface area contributed by atoms with Crippen molar-refractivity contribution in [2.45, 2.75) is 13.8 Å². The molecular weight excluding hydrogens is 352 g/mol.